The minimum absolute atomic E-state index is 0.961. The molecule has 1 aliphatic rings. The Bertz CT molecular complexity index is 2600. The standard InChI is InChI=1S/C42H26OS/c1-2-13-26-25(11-1)12-9-19-28(26)38-29-15-3-5-17-31(29)39(32-18-6-4-16-30(32)38)34-20-10-21-35-40-37(44-42(34)35)24-23-33-27-14-7-8-22-36(27)43-41(33)40/h1-9,11-20,22-24H,10,21H2. The molecule has 0 saturated carbocycles. The number of allylic oxidation sites excluding steroid dienone is 1. The maximum Gasteiger partial charge on any atom is 0.144 e. The molecular formula is C42H26OS. The molecule has 2 aromatic heterocycles. The van der Waals surface area contributed by atoms with Crippen LogP contribution in [0.2, 0.25) is 0 Å². The van der Waals surface area contributed by atoms with Crippen molar-refractivity contribution in [2.45, 2.75) is 12.8 Å². The second-order valence-corrected chi connectivity index (χ2v) is 12.9. The zero-order valence-electron chi connectivity index (χ0n) is 23.9. The number of thiophene rings is 1. The molecule has 7 aromatic carbocycles. The summed E-state index contributed by atoms with van der Waals surface area (Å²) in [6, 6.07) is 46.5. The van der Waals surface area contributed by atoms with E-state index in [0.717, 1.165) is 24.0 Å². The van der Waals surface area contributed by atoms with Crippen LogP contribution in [0.15, 0.2) is 138 Å². The minimum atomic E-state index is 0.961. The lowest BCUT2D eigenvalue weighted by Gasteiger charge is -2.22. The molecule has 1 nitrogen and oxygen atoms in total. The van der Waals surface area contributed by atoms with Gasteiger partial charge in [0.25, 0.3) is 0 Å². The van der Waals surface area contributed by atoms with Gasteiger partial charge in [0, 0.05) is 25.7 Å². The van der Waals surface area contributed by atoms with Crippen molar-refractivity contribution in [1.29, 1.82) is 0 Å². The molecule has 44 heavy (non-hydrogen) atoms. The van der Waals surface area contributed by atoms with E-state index in [1.165, 1.54) is 85.9 Å². The Balaban J connectivity index is 1.30. The van der Waals surface area contributed by atoms with Crippen molar-refractivity contribution < 1.29 is 4.42 Å². The molecule has 0 saturated heterocycles. The van der Waals surface area contributed by atoms with E-state index in [1.807, 2.05) is 11.3 Å². The van der Waals surface area contributed by atoms with Gasteiger partial charge in [-0.1, -0.05) is 115 Å². The molecule has 1 aliphatic carbocycles. The Kier molecular flexibility index (Phi) is 5.05. The van der Waals surface area contributed by atoms with E-state index in [2.05, 4.69) is 133 Å². The van der Waals surface area contributed by atoms with Crippen molar-refractivity contribution in [3.05, 3.63) is 149 Å². The van der Waals surface area contributed by atoms with Crippen LogP contribution in [-0.4, -0.2) is 0 Å². The highest BCUT2D eigenvalue weighted by molar-refractivity contribution is 7.20. The largest absolute Gasteiger partial charge is 0.455 e. The number of hydrogen-bond donors (Lipinski definition) is 0. The van der Waals surface area contributed by atoms with Gasteiger partial charge in [-0.3, -0.25) is 0 Å². The number of hydrogen-bond acceptors (Lipinski definition) is 2. The third kappa shape index (κ3) is 3.29. The summed E-state index contributed by atoms with van der Waals surface area (Å²) in [6.07, 6.45) is 4.52. The summed E-state index contributed by atoms with van der Waals surface area (Å²) < 4.78 is 7.86. The lowest BCUT2D eigenvalue weighted by molar-refractivity contribution is 0.672. The molecule has 10 rings (SSSR count). The Morgan fingerprint density at radius 3 is 1.93 bits per heavy atom. The number of rotatable bonds is 2. The first-order valence-electron chi connectivity index (χ1n) is 15.3. The molecule has 0 radical (unpaired) electrons. The van der Waals surface area contributed by atoms with Crippen LogP contribution in [-0.2, 0) is 6.42 Å². The van der Waals surface area contributed by atoms with Crippen molar-refractivity contribution in [2.75, 3.05) is 0 Å². The Morgan fingerprint density at radius 1 is 0.523 bits per heavy atom. The van der Waals surface area contributed by atoms with Gasteiger partial charge in [0.2, 0.25) is 0 Å². The second-order valence-electron chi connectivity index (χ2n) is 11.8. The molecule has 0 amide bonds. The molecule has 0 spiro atoms. The maximum absolute atomic E-state index is 6.56. The summed E-state index contributed by atoms with van der Waals surface area (Å²) >= 11 is 1.92. The Morgan fingerprint density at radius 2 is 1.16 bits per heavy atom. The first kappa shape index (κ1) is 24.3. The van der Waals surface area contributed by atoms with Gasteiger partial charge in [-0.05, 0) is 91.2 Å². The van der Waals surface area contributed by atoms with Gasteiger partial charge in [-0.25, -0.2) is 0 Å². The molecule has 2 heterocycles. The maximum atomic E-state index is 6.56. The van der Waals surface area contributed by atoms with E-state index in [-0.39, 0.29) is 0 Å². The quantitative estimate of drug-likeness (QED) is 0.186. The third-order valence-electron chi connectivity index (χ3n) is 9.54. The smallest absolute Gasteiger partial charge is 0.144 e. The summed E-state index contributed by atoms with van der Waals surface area (Å²) in [5.41, 5.74) is 8.72. The van der Waals surface area contributed by atoms with Crippen LogP contribution in [0, 0.1) is 0 Å². The predicted octanol–water partition coefficient (Wildman–Crippen LogP) is 12.3. The van der Waals surface area contributed by atoms with Crippen molar-refractivity contribution in [1.82, 2.24) is 0 Å². The van der Waals surface area contributed by atoms with Crippen molar-refractivity contribution in [3.63, 3.8) is 0 Å². The van der Waals surface area contributed by atoms with E-state index in [0.29, 0.717) is 0 Å². The third-order valence-corrected chi connectivity index (χ3v) is 10.8. The van der Waals surface area contributed by atoms with Crippen molar-refractivity contribution in [2.24, 2.45) is 0 Å². The summed E-state index contributed by atoms with van der Waals surface area (Å²) in [6.45, 7) is 0. The first-order valence-corrected chi connectivity index (χ1v) is 16.1. The fraction of sp³-hybridized carbons (Fsp3) is 0.0476. The van der Waals surface area contributed by atoms with Gasteiger partial charge in [-0.15, -0.1) is 11.3 Å². The first-order chi connectivity index (χ1) is 21.8. The van der Waals surface area contributed by atoms with E-state index in [1.54, 1.807) is 0 Å². The highest BCUT2D eigenvalue weighted by Crippen LogP contribution is 2.50. The SMILES string of the molecule is C1=C(c2c3ccccc3c(-c3cccc4ccccc34)c3ccccc23)c2sc3ccc4c5ccccc5oc4c3c2CC1. The van der Waals surface area contributed by atoms with Crippen molar-refractivity contribution in [3.8, 4) is 11.1 Å². The summed E-state index contributed by atoms with van der Waals surface area (Å²) in [5, 5.41) is 11.5. The second kappa shape index (κ2) is 9.16. The molecule has 0 atom stereocenters. The van der Waals surface area contributed by atoms with Gasteiger partial charge in [0.05, 0.1) is 0 Å². The van der Waals surface area contributed by atoms with Gasteiger partial charge < -0.3 is 4.42 Å². The average Bonchev–Trinajstić information content (AvgIpc) is 3.66. The fourth-order valence-corrected chi connectivity index (χ4v) is 9.00. The number of para-hydroxylation sites is 1. The zero-order valence-corrected chi connectivity index (χ0v) is 24.7. The molecule has 2 heteroatoms. The average molecular weight is 579 g/mol. The minimum Gasteiger partial charge on any atom is -0.455 e. The van der Waals surface area contributed by atoms with Crippen LogP contribution in [0.5, 0.6) is 0 Å². The summed E-state index contributed by atoms with van der Waals surface area (Å²) in [4.78, 5) is 1.38. The van der Waals surface area contributed by atoms with Crippen LogP contribution in [0.3, 0.4) is 0 Å². The number of fused-ring (bicyclic) bond motifs is 10. The summed E-state index contributed by atoms with van der Waals surface area (Å²) in [5.74, 6) is 0. The Hall–Kier alpha value is -5.18. The molecule has 0 N–H and O–H groups in total. The normalized spacial score (nSPS) is 13.4. The van der Waals surface area contributed by atoms with E-state index in [4.69, 9.17) is 4.42 Å². The van der Waals surface area contributed by atoms with E-state index >= 15 is 0 Å². The highest BCUT2D eigenvalue weighted by Gasteiger charge is 2.26. The van der Waals surface area contributed by atoms with Crippen LogP contribution >= 0.6 is 11.3 Å². The van der Waals surface area contributed by atoms with Gasteiger partial charge >= 0.3 is 0 Å². The lowest BCUT2D eigenvalue weighted by Crippen LogP contribution is -2.00. The van der Waals surface area contributed by atoms with Crippen LogP contribution in [0.1, 0.15) is 22.4 Å². The summed E-state index contributed by atoms with van der Waals surface area (Å²) in [7, 11) is 0. The number of aryl methyl sites for hydroxylation is 1. The van der Waals surface area contributed by atoms with Gasteiger partial charge in [-0.2, -0.15) is 0 Å². The molecule has 0 bridgehead atoms. The van der Waals surface area contributed by atoms with Crippen LogP contribution in [0.25, 0.3) is 81.0 Å². The van der Waals surface area contributed by atoms with E-state index in [9.17, 15) is 0 Å². The number of furan rings is 1. The number of benzene rings is 7. The molecule has 0 fully saturated rings. The molecule has 9 aromatic rings. The monoisotopic (exact) mass is 578 g/mol. The fourth-order valence-electron chi connectivity index (χ4n) is 7.70. The molecular weight excluding hydrogens is 553 g/mol. The zero-order chi connectivity index (χ0) is 28.8. The topological polar surface area (TPSA) is 13.1 Å². The van der Waals surface area contributed by atoms with E-state index < -0.39 is 0 Å². The molecule has 0 unspecified atom stereocenters. The van der Waals surface area contributed by atoms with Gasteiger partial charge in [0.1, 0.15) is 11.2 Å². The Labute approximate surface area is 258 Å². The van der Waals surface area contributed by atoms with Crippen LogP contribution < -0.4 is 0 Å². The van der Waals surface area contributed by atoms with Gasteiger partial charge in [0.15, 0.2) is 0 Å². The molecule has 0 aliphatic heterocycles. The predicted molar refractivity (Wildman–Crippen MR) is 189 cm³/mol. The van der Waals surface area contributed by atoms with Crippen molar-refractivity contribution >= 4 is 81.3 Å². The molecule has 206 valence electrons. The van der Waals surface area contributed by atoms with Crippen LogP contribution in [0.4, 0.5) is 0 Å². The highest BCUT2D eigenvalue weighted by atomic mass is 32.1. The lowest BCUT2D eigenvalue weighted by atomic mass is 9.82.